The molecule has 744 valence electrons. The van der Waals surface area contributed by atoms with Gasteiger partial charge >= 0.3 is 6.09 Å². The Balaban J connectivity index is 1.14. The number of nitrogens with one attached hydrogen (secondary N) is 2. The Morgan fingerprint density at radius 2 is 0.715 bits per heavy atom. The van der Waals surface area contributed by atoms with E-state index in [1.807, 2.05) is 65.8 Å². The summed E-state index contributed by atoms with van der Waals surface area (Å²) in [6.07, 6.45) is 14.7. The molecule has 4 aliphatic rings. The van der Waals surface area contributed by atoms with Gasteiger partial charge in [0.2, 0.25) is 11.5 Å². The lowest BCUT2D eigenvalue weighted by Gasteiger charge is -2.58. The molecule has 0 aromatic heterocycles. The van der Waals surface area contributed by atoms with Gasteiger partial charge in [-0.1, -0.05) is 65.5 Å². The van der Waals surface area contributed by atoms with Gasteiger partial charge in [0.1, 0.15) is 70.5 Å². The van der Waals surface area contributed by atoms with E-state index in [0.717, 1.165) is 49.4 Å². The number of fused-ring (bicyclic) bond motifs is 5. The smallest absolute Gasteiger partial charge is 0.407 e. The van der Waals surface area contributed by atoms with Gasteiger partial charge in [-0.15, -0.1) is 0 Å². The summed E-state index contributed by atoms with van der Waals surface area (Å²) in [6.45, 7) is 39.9. The van der Waals surface area contributed by atoms with Gasteiger partial charge in [-0.3, -0.25) is 4.79 Å². The zero-order chi connectivity index (χ0) is 92.6. The van der Waals surface area contributed by atoms with E-state index in [1.54, 1.807) is 18.2 Å². The van der Waals surface area contributed by atoms with Gasteiger partial charge in [-0.25, -0.2) is 4.79 Å². The minimum absolute atomic E-state index is 0.0657. The highest BCUT2D eigenvalue weighted by atomic mass is 16.6. The SMILES string of the molecule is CCOCCOCCOCCOc1cc(COc2cc(OCc3cc(OCCOCCOCCOCC)c(OCCOCCOCCOCC)c(OCCOCCOCCOCC)c3)cc(C(=O)NCCNC(=O)O[C@H]3CC[C@@]4(C)C(=CC[C@H]5[C@@H]6CC[C@H]([C@H](C)CCCC(C)C)[C@@]6(C)CC[C@@H]54)C3)c2)cc(OCCOCCOCCOCC)c1OCCOCCOCCOCC. The fraction of sp³-hybridized carbons (Fsp3) is 0.778. The van der Waals surface area contributed by atoms with E-state index in [-0.39, 0.29) is 134 Å². The average Bonchev–Trinajstić information content (AvgIpc) is 1.38. The zero-order valence-corrected chi connectivity index (χ0v) is 80.8. The highest BCUT2D eigenvalue weighted by Crippen LogP contribution is 2.67. The van der Waals surface area contributed by atoms with Gasteiger partial charge in [0.25, 0.3) is 5.91 Å². The minimum Gasteiger partial charge on any atom is -0.489 e. The van der Waals surface area contributed by atoms with Crippen molar-refractivity contribution >= 4 is 12.0 Å². The Labute approximate surface area is 776 Å². The number of hydrogen-bond donors (Lipinski definition) is 2. The Kier molecular flexibility index (Phi) is 58.6. The summed E-state index contributed by atoms with van der Waals surface area (Å²) in [5, 5.41) is 5.96. The van der Waals surface area contributed by atoms with Crippen molar-refractivity contribution in [1.29, 1.82) is 0 Å². The summed E-state index contributed by atoms with van der Waals surface area (Å²) < 4.78 is 161. The van der Waals surface area contributed by atoms with Crippen LogP contribution in [0.4, 0.5) is 4.79 Å². The molecular formula is C99H164N2O29. The van der Waals surface area contributed by atoms with Crippen LogP contribution < -0.4 is 48.5 Å². The van der Waals surface area contributed by atoms with Crippen molar-refractivity contribution in [3.8, 4) is 46.0 Å². The van der Waals surface area contributed by atoms with E-state index in [0.29, 0.717) is 261 Å². The second kappa shape index (κ2) is 68.8. The lowest BCUT2D eigenvalue weighted by atomic mass is 9.47. The topological polar surface area (TPSA) is 307 Å². The predicted octanol–water partition coefficient (Wildman–Crippen LogP) is 14.4. The van der Waals surface area contributed by atoms with E-state index in [4.69, 9.17) is 128 Å². The molecule has 0 unspecified atom stereocenters. The molecule has 0 heterocycles. The highest BCUT2D eigenvalue weighted by Gasteiger charge is 2.59. The second-order valence-electron chi connectivity index (χ2n) is 33.5. The fourth-order valence-corrected chi connectivity index (χ4v) is 17.5. The summed E-state index contributed by atoms with van der Waals surface area (Å²) in [5.41, 5.74) is 3.39. The number of allylic oxidation sites excluding steroid dienone is 1. The molecule has 31 heteroatoms. The molecule has 130 heavy (non-hydrogen) atoms. The Morgan fingerprint density at radius 3 is 1.08 bits per heavy atom. The molecule has 0 radical (unpaired) electrons. The number of rotatable bonds is 82. The molecule has 0 bridgehead atoms. The maximum Gasteiger partial charge on any atom is 0.407 e. The lowest BCUT2D eigenvalue weighted by molar-refractivity contribution is -0.0581. The number of ether oxygens (including phenoxy) is 27. The van der Waals surface area contributed by atoms with Crippen LogP contribution >= 0.6 is 0 Å². The molecule has 3 aromatic rings. The van der Waals surface area contributed by atoms with Crippen molar-refractivity contribution in [3.63, 3.8) is 0 Å². The molecule has 8 atom stereocenters. The molecule has 0 spiro atoms. The van der Waals surface area contributed by atoms with E-state index in [2.05, 4.69) is 51.3 Å². The van der Waals surface area contributed by atoms with Crippen molar-refractivity contribution in [2.45, 2.75) is 166 Å². The number of alkyl carbamates (subject to hydrolysis) is 1. The lowest BCUT2D eigenvalue weighted by Crippen LogP contribution is -2.51. The first-order chi connectivity index (χ1) is 63.7. The third kappa shape index (κ3) is 43.2. The highest BCUT2D eigenvalue weighted by molar-refractivity contribution is 5.95. The molecule has 3 saturated carbocycles. The van der Waals surface area contributed by atoms with Crippen molar-refractivity contribution in [2.24, 2.45) is 46.3 Å². The maximum absolute atomic E-state index is 14.7. The zero-order valence-electron chi connectivity index (χ0n) is 80.8. The molecule has 0 aliphatic heterocycles. The first kappa shape index (κ1) is 111. The molecule has 3 aromatic carbocycles. The summed E-state index contributed by atoms with van der Waals surface area (Å²) >= 11 is 0. The van der Waals surface area contributed by atoms with Crippen molar-refractivity contribution in [1.82, 2.24) is 10.6 Å². The monoisotopic (exact) mass is 1850 g/mol. The third-order valence-electron chi connectivity index (χ3n) is 23.9. The van der Waals surface area contributed by atoms with Crippen LogP contribution in [0.3, 0.4) is 0 Å². The average molecular weight is 1850 g/mol. The van der Waals surface area contributed by atoms with Gasteiger partial charge in [0.15, 0.2) is 23.0 Å². The van der Waals surface area contributed by atoms with Crippen LogP contribution in [0, 0.1) is 46.3 Å². The molecule has 2 amide bonds. The summed E-state index contributed by atoms with van der Waals surface area (Å²) in [4.78, 5) is 28.5. The molecule has 31 nitrogen and oxygen atoms in total. The molecule has 7 rings (SSSR count). The number of hydrogen-bond acceptors (Lipinski definition) is 29. The Hall–Kier alpha value is -6.18. The van der Waals surface area contributed by atoms with E-state index >= 15 is 0 Å². The summed E-state index contributed by atoms with van der Waals surface area (Å²) in [5.74, 6) is 6.53. The summed E-state index contributed by atoms with van der Waals surface area (Å²) in [6, 6.07) is 12.2. The number of amides is 2. The Bertz CT molecular complexity index is 3210. The van der Waals surface area contributed by atoms with Gasteiger partial charge in [0.05, 0.1) is 198 Å². The van der Waals surface area contributed by atoms with Crippen LogP contribution in [0.5, 0.6) is 46.0 Å². The summed E-state index contributed by atoms with van der Waals surface area (Å²) in [7, 11) is 0. The van der Waals surface area contributed by atoms with Crippen LogP contribution in [-0.2, 0) is 103 Å². The normalized spacial score (nSPS) is 19.0. The van der Waals surface area contributed by atoms with Gasteiger partial charge in [0, 0.05) is 70.8 Å². The number of carbonyl (C=O) groups is 2. The van der Waals surface area contributed by atoms with Gasteiger partial charge in [-0.05, 0) is 180 Å². The Morgan fingerprint density at radius 1 is 0.369 bits per heavy atom. The first-order valence-electron chi connectivity index (χ1n) is 48.5. The van der Waals surface area contributed by atoms with Gasteiger partial charge < -0.3 is 139 Å². The van der Waals surface area contributed by atoms with Crippen LogP contribution in [0.2, 0.25) is 0 Å². The van der Waals surface area contributed by atoms with Crippen molar-refractivity contribution in [2.75, 3.05) is 291 Å². The molecule has 3 fully saturated rings. The largest absolute Gasteiger partial charge is 0.489 e. The molecular weight excluding hydrogens is 1680 g/mol. The molecule has 4 aliphatic carbocycles. The first-order valence-corrected chi connectivity index (χ1v) is 48.5. The van der Waals surface area contributed by atoms with Crippen LogP contribution in [-0.4, -0.2) is 309 Å². The maximum atomic E-state index is 14.7. The molecule has 0 saturated heterocycles. The van der Waals surface area contributed by atoms with Gasteiger partial charge in [-0.2, -0.15) is 0 Å². The minimum atomic E-state index is -0.517. The van der Waals surface area contributed by atoms with E-state index in [9.17, 15) is 9.59 Å². The number of carbonyl (C=O) groups excluding carboxylic acids is 2. The van der Waals surface area contributed by atoms with Crippen molar-refractivity contribution < 1.29 is 137 Å². The quantitative estimate of drug-likeness (QED) is 0.0392. The van der Waals surface area contributed by atoms with Crippen LogP contribution in [0.25, 0.3) is 0 Å². The predicted molar refractivity (Wildman–Crippen MR) is 493 cm³/mol. The van der Waals surface area contributed by atoms with Crippen LogP contribution in [0.15, 0.2) is 54.1 Å². The standard InChI is InChI=1S/C99H164N2O29/c1-12-104-31-37-110-43-49-116-55-61-122-90-67-79(68-91(123-62-56-117-50-44-111-38-32-105-13-2)94(90)126-65-59-120-53-47-114-41-35-108-16-5)75-128-84-71-81(96(102)100-29-30-101-97(103)130-83-25-27-98(10)82(73-83)21-22-86-88-24-23-87(78(9)20-18-19-77(7)8)99(88,11)28-26-89(86)98)72-85(74-84)129-76-80-69-92(124-63-57-118-51-45-112-39-33-106-14-3)95(127-66-60-121-54-48-115-42-36-109-17-6)93(70-80)125-64-58-119-52-46-113-40-34-107-15-4/h21,67-72,74,77-78,83,86-89H,12-20,22-66,73,75-76H2,1-11H3,(H,100,102)(H,101,103)/t78-,83+,86+,87-,88+,89+,98+,99-/m1/s1. The second-order valence-corrected chi connectivity index (χ2v) is 33.5. The van der Waals surface area contributed by atoms with E-state index < -0.39 is 12.0 Å². The van der Waals surface area contributed by atoms with E-state index in [1.165, 1.54) is 50.5 Å². The third-order valence-corrected chi connectivity index (χ3v) is 23.9. The fourth-order valence-electron chi connectivity index (χ4n) is 17.5. The van der Waals surface area contributed by atoms with Crippen molar-refractivity contribution in [3.05, 3.63) is 70.8 Å². The molecule has 2 N–H and O–H groups in total. The number of benzene rings is 3. The van der Waals surface area contributed by atoms with Crippen LogP contribution in [0.1, 0.15) is 168 Å².